The van der Waals surface area contributed by atoms with Crippen molar-refractivity contribution >= 4 is 0 Å². The maximum Gasteiger partial charge on any atom is 0.0580 e. The molecule has 0 unspecified atom stereocenters. The molecular weight excluding hydrogens is 186 g/mol. The molecule has 2 nitrogen and oxygen atoms in total. The number of aliphatic hydroxyl groups excluding tert-OH is 1. The van der Waals surface area contributed by atoms with Crippen LogP contribution in [0.1, 0.15) is 45.4 Å². The molecular formula is C13H25NO. The Hall–Kier alpha value is -0.340. The van der Waals surface area contributed by atoms with Gasteiger partial charge in [-0.15, -0.1) is 6.58 Å². The molecule has 88 valence electrons. The van der Waals surface area contributed by atoms with Crippen LogP contribution in [-0.4, -0.2) is 23.8 Å². The molecule has 2 N–H and O–H groups in total. The van der Waals surface area contributed by atoms with Crippen LogP contribution in [0.5, 0.6) is 0 Å². The average molecular weight is 211 g/mol. The molecule has 0 radical (unpaired) electrons. The Morgan fingerprint density at radius 1 is 1.53 bits per heavy atom. The summed E-state index contributed by atoms with van der Waals surface area (Å²) in [6.07, 6.45) is 8.71. The molecule has 1 rings (SSSR count). The van der Waals surface area contributed by atoms with E-state index >= 15 is 0 Å². The molecule has 1 aliphatic rings. The zero-order valence-corrected chi connectivity index (χ0v) is 9.91. The minimum atomic E-state index is -0.0607. The lowest BCUT2D eigenvalue weighted by atomic mass is 10.0. The molecule has 3 atom stereocenters. The van der Waals surface area contributed by atoms with E-state index in [0.717, 1.165) is 25.8 Å². The monoisotopic (exact) mass is 211 g/mol. The third kappa shape index (κ3) is 4.35. The van der Waals surface area contributed by atoms with Gasteiger partial charge in [0.05, 0.1) is 6.10 Å². The van der Waals surface area contributed by atoms with Crippen LogP contribution in [0.25, 0.3) is 0 Å². The first-order chi connectivity index (χ1) is 7.27. The highest BCUT2D eigenvalue weighted by Gasteiger charge is 2.25. The molecule has 0 saturated heterocycles. The van der Waals surface area contributed by atoms with Crippen LogP contribution in [0, 0.1) is 5.92 Å². The zero-order valence-electron chi connectivity index (χ0n) is 9.91. The number of hydrogen-bond donors (Lipinski definition) is 2. The van der Waals surface area contributed by atoms with Gasteiger partial charge in [0, 0.05) is 12.6 Å². The minimum absolute atomic E-state index is 0.0607. The molecule has 1 aliphatic carbocycles. The van der Waals surface area contributed by atoms with Crippen LogP contribution < -0.4 is 5.32 Å². The highest BCUT2D eigenvalue weighted by molar-refractivity contribution is 4.80. The van der Waals surface area contributed by atoms with E-state index in [0.29, 0.717) is 12.0 Å². The molecule has 0 bridgehead atoms. The molecule has 0 aromatic rings. The van der Waals surface area contributed by atoms with Crippen molar-refractivity contribution in [2.24, 2.45) is 5.92 Å². The van der Waals surface area contributed by atoms with E-state index in [2.05, 4.69) is 18.8 Å². The largest absolute Gasteiger partial charge is 0.393 e. The summed E-state index contributed by atoms with van der Waals surface area (Å²) >= 11 is 0. The van der Waals surface area contributed by atoms with Gasteiger partial charge in [-0.3, -0.25) is 0 Å². The smallest absolute Gasteiger partial charge is 0.0580 e. The van der Waals surface area contributed by atoms with Gasteiger partial charge in [0.15, 0.2) is 0 Å². The van der Waals surface area contributed by atoms with Gasteiger partial charge < -0.3 is 10.4 Å². The van der Waals surface area contributed by atoms with Crippen molar-refractivity contribution in [3.05, 3.63) is 12.7 Å². The van der Waals surface area contributed by atoms with Crippen LogP contribution in [0.2, 0.25) is 0 Å². The van der Waals surface area contributed by atoms with Crippen molar-refractivity contribution in [2.45, 2.75) is 57.6 Å². The molecule has 0 aromatic heterocycles. The lowest BCUT2D eigenvalue weighted by molar-refractivity contribution is 0.129. The summed E-state index contributed by atoms with van der Waals surface area (Å²) in [6, 6.07) is 0.593. The molecule has 0 aliphatic heterocycles. The normalized spacial score (nSPS) is 27.9. The lowest BCUT2D eigenvalue weighted by Crippen LogP contribution is -2.35. The van der Waals surface area contributed by atoms with Gasteiger partial charge in [0.2, 0.25) is 0 Å². The first-order valence-electron chi connectivity index (χ1n) is 6.30. The van der Waals surface area contributed by atoms with Crippen molar-refractivity contribution in [2.75, 3.05) is 6.54 Å². The molecule has 1 saturated carbocycles. The van der Waals surface area contributed by atoms with Gasteiger partial charge >= 0.3 is 0 Å². The number of aliphatic hydroxyl groups is 1. The molecule has 0 spiro atoms. The SMILES string of the molecule is C=CCC[C@H](CC)NC[C@H]1CCC[C@H]1O. The van der Waals surface area contributed by atoms with E-state index in [4.69, 9.17) is 0 Å². The van der Waals surface area contributed by atoms with E-state index in [1.54, 1.807) is 0 Å². The fourth-order valence-electron chi connectivity index (χ4n) is 2.34. The predicted octanol–water partition coefficient (Wildman–Crippen LogP) is 2.48. The van der Waals surface area contributed by atoms with Crippen LogP contribution in [0.15, 0.2) is 12.7 Å². The van der Waals surface area contributed by atoms with Gasteiger partial charge in [0.25, 0.3) is 0 Å². The van der Waals surface area contributed by atoms with Crippen LogP contribution >= 0.6 is 0 Å². The highest BCUT2D eigenvalue weighted by atomic mass is 16.3. The van der Waals surface area contributed by atoms with E-state index in [1.165, 1.54) is 19.3 Å². The number of rotatable bonds is 7. The maximum absolute atomic E-state index is 9.69. The minimum Gasteiger partial charge on any atom is -0.393 e. The summed E-state index contributed by atoms with van der Waals surface area (Å²) < 4.78 is 0. The van der Waals surface area contributed by atoms with Crippen molar-refractivity contribution < 1.29 is 5.11 Å². The van der Waals surface area contributed by atoms with E-state index in [9.17, 15) is 5.11 Å². The summed E-state index contributed by atoms with van der Waals surface area (Å²) in [5.41, 5.74) is 0. The van der Waals surface area contributed by atoms with Crippen molar-refractivity contribution in [3.63, 3.8) is 0 Å². The Morgan fingerprint density at radius 3 is 2.87 bits per heavy atom. The zero-order chi connectivity index (χ0) is 11.1. The second-order valence-electron chi connectivity index (χ2n) is 4.64. The van der Waals surface area contributed by atoms with Crippen LogP contribution in [0.4, 0.5) is 0 Å². The highest BCUT2D eigenvalue weighted by Crippen LogP contribution is 2.24. The average Bonchev–Trinajstić information content (AvgIpc) is 2.65. The molecule has 15 heavy (non-hydrogen) atoms. The second kappa shape index (κ2) is 7.02. The Bertz CT molecular complexity index is 181. The summed E-state index contributed by atoms with van der Waals surface area (Å²) in [5.74, 6) is 0.489. The van der Waals surface area contributed by atoms with Crippen molar-refractivity contribution in [1.82, 2.24) is 5.32 Å². The lowest BCUT2D eigenvalue weighted by Gasteiger charge is -2.21. The Balaban J connectivity index is 2.18. The Labute approximate surface area is 93.8 Å². The molecule has 0 amide bonds. The molecule has 0 aromatic carbocycles. The predicted molar refractivity (Wildman–Crippen MR) is 64.9 cm³/mol. The maximum atomic E-state index is 9.69. The van der Waals surface area contributed by atoms with Crippen LogP contribution in [0.3, 0.4) is 0 Å². The Morgan fingerprint density at radius 2 is 2.33 bits per heavy atom. The third-order valence-electron chi connectivity index (χ3n) is 3.50. The fraction of sp³-hybridized carbons (Fsp3) is 0.846. The van der Waals surface area contributed by atoms with Crippen molar-refractivity contribution in [1.29, 1.82) is 0 Å². The number of nitrogens with one attached hydrogen (secondary N) is 1. The van der Waals surface area contributed by atoms with Gasteiger partial charge in [-0.1, -0.05) is 19.4 Å². The van der Waals surface area contributed by atoms with Crippen LogP contribution in [-0.2, 0) is 0 Å². The van der Waals surface area contributed by atoms with E-state index in [1.807, 2.05) is 6.08 Å². The van der Waals surface area contributed by atoms with E-state index in [-0.39, 0.29) is 6.10 Å². The fourth-order valence-corrected chi connectivity index (χ4v) is 2.34. The topological polar surface area (TPSA) is 32.3 Å². The van der Waals surface area contributed by atoms with Gasteiger partial charge in [-0.2, -0.15) is 0 Å². The molecule has 1 fully saturated rings. The number of allylic oxidation sites excluding steroid dienone is 1. The first-order valence-corrected chi connectivity index (χ1v) is 6.30. The number of hydrogen-bond acceptors (Lipinski definition) is 2. The standard InChI is InChI=1S/C13H25NO/c1-3-5-8-12(4-2)14-10-11-7-6-9-13(11)15/h3,11-15H,1,4-10H2,2H3/t11-,12+,13-/m1/s1. The Kier molecular flexibility index (Phi) is 5.96. The van der Waals surface area contributed by atoms with Crippen molar-refractivity contribution in [3.8, 4) is 0 Å². The van der Waals surface area contributed by atoms with E-state index < -0.39 is 0 Å². The van der Waals surface area contributed by atoms with Gasteiger partial charge in [-0.25, -0.2) is 0 Å². The summed E-state index contributed by atoms with van der Waals surface area (Å²) in [5, 5.41) is 13.3. The second-order valence-corrected chi connectivity index (χ2v) is 4.64. The van der Waals surface area contributed by atoms with Gasteiger partial charge in [0.1, 0.15) is 0 Å². The molecule has 2 heteroatoms. The quantitative estimate of drug-likeness (QED) is 0.634. The third-order valence-corrected chi connectivity index (χ3v) is 3.50. The molecule has 0 heterocycles. The summed E-state index contributed by atoms with van der Waals surface area (Å²) in [4.78, 5) is 0. The summed E-state index contributed by atoms with van der Waals surface area (Å²) in [6.45, 7) is 6.95. The van der Waals surface area contributed by atoms with Gasteiger partial charge in [-0.05, 0) is 38.0 Å². The summed E-state index contributed by atoms with van der Waals surface area (Å²) in [7, 11) is 0. The first kappa shape index (κ1) is 12.7.